The van der Waals surface area contributed by atoms with Crippen LogP contribution in [0.1, 0.15) is 34.1 Å². The van der Waals surface area contributed by atoms with Crippen LogP contribution in [0.4, 0.5) is 0 Å². The first-order valence-electron chi connectivity index (χ1n) is 3.48. The fourth-order valence-electron chi connectivity index (χ4n) is 0.980. The van der Waals surface area contributed by atoms with Gasteiger partial charge < -0.3 is 0 Å². The smallest absolute Gasteiger partial charge is 0.0256 e. The third-order valence-electron chi connectivity index (χ3n) is 1.65. The van der Waals surface area contributed by atoms with Gasteiger partial charge in [-0.3, -0.25) is 11.3 Å². The molecule has 0 aromatic heterocycles. The van der Waals surface area contributed by atoms with Gasteiger partial charge in [-0.1, -0.05) is 27.7 Å². The summed E-state index contributed by atoms with van der Waals surface area (Å²) in [5.74, 6) is 5.32. The van der Waals surface area contributed by atoms with Gasteiger partial charge in [-0.05, 0) is 11.8 Å². The lowest BCUT2D eigenvalue weighted by molar-refractivity contribution is 0.264. The Morgan fingerprint density at radius 1 is 1.44 bits per heavy atom. The van der Waals surface area contributed by atoms with Gasteiger partial charge in [0.25, 0.3) is 0 Å². The van der Waals surface area contributed by atoms with Gasteiger partial charge in [0.05, 0.1) is 0 Å². The molecule has 0 amide bonds. The van der Waals surface area contributed by atoms with Crippen molar-refractivity contribution in [3.63, 3.8) is 0 Å². The zero-order valence-electron chi connectivity index (χ0n) is 6.86. The van der Waals surface area contributed by atoms with Gasteiger partial charge in [0, 0.05) is 6.04 Å². The molecule has 0 heterocycles. The van der Waals surface area contributed by atoms with Crippen molar-refractivity contribution in [3.8, 4) is 0 Å². The Morgan fingerprint density at radius 2 is 1.89 bits per heavy atom. The van der Waals surface area contributed by atoms with Gasteiger partial charge in [0.2, 0.25) is 0 Å². The molecule has 0 saturated heterocycles. The van der Waals surface area contributed by atoms with Gasteiger partial charge in [-0.25, -0.2) is 0 Å². The predicted octanol–water partition coefficient (Wildman–Crippen LogP) is 1.27. The lowest BCUT2D eigenvalue weighted by atomic mass is 9.86. The first kappa shape index (κ1) is 8.92. The zero-order valence-corrected chi connectivity index (χ0v) is 6.86. The number of rotatable bonds is 2. The summed E-state index contributed by atoms with van der Waals surface area (Å²) in [6, 6.07) is 0.428. The maximum absolute atomic E-state index is 5.32. The average Bonchev–Trinajstić information content (AvgIpc) is 1.65. The highest BCUT2D eigenvalue weighted by Crippen LogP contribution is 2.20. The summed E-state index contributed by atoms with van der Waals surface area (Å²) >= 11 is 0. The Hall–Kier alpha value is -0.0800. The van der Waals surface area contributed by atoms with Crippen molar-refractivity contribution in [2.24, 2.45) is 11.3 Å². The minimum atomic E-state index is 0.281. The van der Waals surface area contributed by atoms with Crippen molar-refractivity contribution in [1.29, 1.82) is 0 Å². The van der Waals surface area contributed by atoms with E-state index in [2.05, 4.69) is 33.1 Å². The third-order valence-corrected chi connectivity index (χ3v) is 1.65. The molecule has 0 aromatic carbocycles. The SMILES string of the molecule is CCC(NN)C(C)(C)C. The number of nitrogens with one attached hydrogen (secondary N) is 1. The second-order valence-corrected chi connectivity index (χ2v) is 3.49. The first-order chi connectivity index (χ1) is 4.02. The van der Waals surface area contributed by atoms with Crippen molar-refractivity contribution in [2.75, 3.05) is 0 Å². The van der Waals surface area contributed by atoms with E-state index in [-0.39, 0.29) is 5.41 Å². The van der Waals surface area contributed by atoms with Gasteiger partial charge in [0.1, 0.15) is 0 Å². The van der Waals surface area contributed by atoms with Gasteiger partial charge in [0.15, 0.2) is 0 Å². The molecule has 2 nitrogen and oxygen atoms in total. The van der Waals surface area contributed by atoms with E-state index in [0.717, 1.165) is 6.42 Å². The molecular weight excluding hydrogens is 112 g/mol. The van der Waals surface area contributed by atoms with Crippen LogP contribution in [0, 0.1) is 5.41 Å². The number of hydrogen-bond donors (Lipinski definition) is 2. The van der Waals surface area contributed by atoms with Crippen LogP contribution in [0.2, 0.25) is 0 Å². The average molecular weight is 130 g/mol. The summed E-state index contributed by atoms with van der Waals surface area (Å²) in [4.78, 5) is 0. The summed E-state index contributed by atoms with van der Waals surface area (Å²) in [5.41, 5.74) is 3.07. The van der Waals surface area contributed by atoms with E-state index >= 15 is 0 Å². The van der Waals surface area contributed by atoms with Crippen LogP contribution in [0.15, 0.2) is 0 Å². The summed E-state index contributed by atoms with van der Waals surface area (Å²) in [6.07, 6.45) is 1.08. The van der Waals surface area contributed by atoms with E-state index in [1.165, 1.54) is 0 Å². The second-order valence-electron chi connectivity index (χ2n) is 3.49. The molecule has 1 atom stereocenters. The Morgan fingerprint density at radius 3 is 1.89 bits per heavy atom. The van der Waals surface area contributed by atoms with Crippen LogP contribution in [0.25, 0.3) is 0 Å². The summed E-state index contributed by atoms with van der Waals surface area (Å²) < 4.78 is 0. The molecule has 0 aliphatic heterocycles. The molecule has 0 rings (SSSR count). The van der Waals surface area contributed by atoms with Crippen molar-refractivity contribution in [3.05, 3.63) is 0 Å². The lowest BCUT2D eigenvalue weighted by Gasteiger charge is -2.28. The van der Waals surface area contributed by atoms with E-state index in [1.807, 2.05) is 0 Å². The maximum atomic E-state index is 5.32. The number of nitrogens with two attached hydrogens (primary N) is 1. The molecule has 0 fully saturated rings. The molecule has 0 saturated carbocycles. The molecule has 0 radical (unpaired) electrons. The Balaban J connectivity index is 3.79. The van der Waals surface area contributed by atoms with E-state index in [1.54, 1.807) is 0 Å². The van der Waals surface area contributed by atoms with Crippen LogP contribution in [0.3, 0.4) is 0 Å². The van der Waals surface area contributed by atoms with E-state index in [9.17, 15) is 0 Å². The Labute approximate surface area is 57.8 Å². The number of hydrogen-bond acceptors (Lipinski definition) is 2. The third kappa shape index (κ3) is 2.82. The number of hydrazine groups is 1. The molecule has 9 heavy (non-hydrogen) atoms. The zero-order chi connectivity index (χ0) is 7.49. The van der Waals surface area contributed by atoms with E-state index < -0.39 is 0 Å². The van der Waals surface area contributed by atoms with E-state index in [4.69, 9.17) is 5.84 Å². The molecule has 0 spiro atoms. The maximum Gasteiger partial charge on any atom is 0.0256 e. The van der Waals surface area contributed by atoms with Gasteiger partial charge in [-0.2, -0.15) is 0 Å². The second kappa shape index (κ2) is 3.18. The van der Waals surface area contributed by atoms with Crippen molar-refractivity contribution >= 4 is 0 Å². The highest BCUT2D eigenvalue weighted by Gasteiger charge is 2.20. The molecule has 56 valence electrons. The first-order valence-corrected chi connectivity index (χ1v) is 3.48. The minimum absolute atomic E-state index is 0.281. The van der Waals surface area contributed by atoms with Crippen molar-refractivity contribution in [2.45, 2.75) is 40.2 Å². The minimum Gasteiger partial charge on any atom is -0.271 e. The fraction of sp³-hybridized carbons (Fsp3) is 1.00. The predicted molar refractivity (Wildman–Crippen MR) is 40.9 cm³/mol. The highest BCUT2D eigenvalue weighted by molar-refractivity contribution is 4.76. The summed E-state index contributed by atoms with van der Waals surface area (Å²) in [5, 5.41) is 0. The molecule has 0 aliphatic rings. The standard InChI is InChI=1S/C7H18N2/c1-5-6(9-8)7(2,3)4/h6,9H,5,8H2,1-4H3. The van der Waals surface area contributed by atoms with Crippen LogP contribution in [-0.4, -0.2) is 6.04 Å². The molecule has 0 aliphatic carbocycles. The van der Waals surface area contributed by atoms with E-state index in [0.29, 0.717) is 6.04 Å². The lowest BCUT2D eigenvalue weighted by Crippen LogP contribution is -2.43. The molecule has 3 N–H and O–H groups in total. The largest absolute Gasteiger partial charge is 0.271 e. The van der Waals surface area contributed by atoms with Crippen LogP contribution in [0.5, 0.6) is 0 Å². The van der Waals surface area contributed by atoms with Crippen molar-refractivity contribution < 1.29 is 0 Å². The van der Waals surface area contributed by atoms with Crippen LogP contribution < -0.4 is 11.3 Å². The van der Waals surface area contributed by atoms with Crippen molar-refractivity contribution in [1.82, 2.24) is 5.43 Å². The Bertz CT molecular complexity index is 69.5. The fourth-order valence-corrected chi connectivity index (χ4v) is 0.980. The monoisotopic (exact) mass is 130 g/mol. The normalized spacial score (nSPS) is 15.7. The molecule has 0 bridgehead atoms. The molecular formula is C7H18N2. The summed E-state index contributed by atoms with van der Waals surface area (Å²) in [7, 11) is 0. The molecule has 0 aromatic rings. The molecule has 2 heteroatoms. The van der Waals surface area contributed by atoms with Gasteiger partial charge in [-0.15, -0.1) is 0 Å². The summed E-state index contributed by atoms with van der Waals surface area (Å²) in [6.45, 7) is 8.68. The molecule has 1 unspecified atom stereocenters. The van der Waals surface area contributed by atoms with Crippen LogP contribution >= 0.6 is 0 Å². The Kier molecular flexibility index (Phi) is 3.15. The topological polar surface area (TPSA) is 38.0 Å². The van der Waals surface area contributed by atoms with Crippen LogP contribution in [-0.2, 0) is 0 Å². The quantitative estimate of drug-likeness (QED) is 0.436. The van der Waals surface area contributed by atoms with Gasteiger partial charge >= 0.3 is 0 Å². The highest BCUT2D eigenvalue weighted by atomic mass is 15.2.